The molecule has 0 aliphatic carbocycles. The van der Waals surface area contributed by atoms with Gasteiger partial charge in [0.1, 0.15) is 5.75 Å². The van der Waals surface area contributed by atoms with Gasteiger partial charge in [0.25, 0.3) is 0 Å². The predicted octanol–water partition coefficient (Wildman–Crippen LogP) is 3.18. The van der Waals surface area contributed by atoms with Gasteiger partial charge < -0.3 is 5.11 Å². The number of pyridine rings is 1. The van der Waals surface area contributed by atoms with Gasteiger partial charge in [-0.3, -0.25) is 9.78 Å². The predicted molar refractivity (Wildman–Crippen MR) is 96.3 cm³/mol. The normalized spacial score (nSPS) is 11.0. The van der Waals surface area contributed by atoms with Gasteiger partial charge in [-0.05, 0) is 24.3 Å². The quantitative estimate of drug-likeness (QED) is 0.426. The van der Waals surface area contributed by atoms with Gasteiger partial charge in [0.05, 0.1) is 17.5 Å². The van der Waals surface area contributed by atoms with Crippen molar-refractivity contribution < 1.29 is 9.90 Å². The number of hydrogen-bond donors (Lipinski definition) is 2. The smallest absolute Gasteiger partial charge is 0.250 e. The monoisotopic (exact) mass is 337 g/mol. The number of hydrogen-bond acceptors (Lipinski definition) is 5. The van der Waals surface area contributed by atoms with Gasteiger partial charge in [-0.1, -0.05) is 30.3 Å². The zero-order chi connectivity index (χ0) is 16.8. The molecule has 3 aromatic rings. The third-order valence-electron chi connectivity index (χ3n) is 3.28. The fourth-order valence-corrected chi connectivity index (χ4v) is 2.97. The van der Waals surface area contributed by atoms with Crippen LogP contribution in [0, 0.1) is 0 Å². The number of carbonyl (C=O) groups is 1. The molecule has 1 amide bonds. The van der Waals surface area contributed by atoms with Crippen LogP contribution in [-0.4, -0.2) is 28.0 Å². The fourth-order valence-electron chi connectivity index (χ4n) is 2.14. The van der Waals surface area contributed by atoms with Crippen molar-refractivity contribution in [3.05, 3.63) is 66.4 Å². The summed E-state index contributed by atoms with van der Waals surface area (Å²) in [5.74, 6) is 0.125. The first kappa shape index (κ1) is 16.0. The van der Waals surface area contributed by atoms with Gasteiger partial charge in [-0.2, -0.15) is 5.10 Å². The Morgan fingerprint density at radius 3 is 2.88 bits per heavy atom. The summed E-state index contributed by atoms with van der Waals surface area (Å²) in [5, 5.41) is 14.5. The van der Waals surface area contributed by atoms with Crippen LogP contribution in [-0.2, 0) is 4.79 Å². The van der Waals surface area contributed by atoms with E-state index in [0.29, 0.717) is 5.56 Å². The number of para-hydroxylation sites is 2. The lowest BCUT2D eigenvalue weighted by atomic mass is 10.2. The second-order valence-corrected chi connectivity index (χ2v) is 5.99. The summed E-state index contributed by atoms with van der Waals surface area (Å²) in [6, 6.07) is 16.5. The first-order valence-electron chi connectivity index (χ1n) is 7.30. The molecular weight excluding hydrogens is 322 g/mol. The van der Waals surface area contributed by atoms with Gasteiger partial charge >= 0.3 is 0 Å². The molecule has 0 saturated heterocycles. The standard InChI is InChI=1S/C18H15N3O2S/c22-15-8-2-1-5-14(15)11-20-21-17(23)12-24-16-9-3-6-13-7-4-10-19-18(13)16/h1-11,22H,12H2,(H,21,23)/b20-11+. The van der Waals surface area contributed by atoms with Crippen LogP contribution in [0.5, 0.6) is 5.75 Å². The van der Waals surface area contributed by atoms with Gasteiger partial charge in [0.2, 0.25) is 5.91 Å². The molecule has 0 fully saturated rings. The third kappa shape index (κ3) is 3.91. The SMILES string of the molecule is O=C(CSc1cccc2cccnc12)N/N=C/c1ccccc1O. The molecule has 0 radical (unpaired) electrons. The Labute approximate surface area is 143 Å². The number of phenolic OH excluding ortho intramolecular Hbond substituents is 1. The Morgan fingerprint density at radius 2 is 2.00 bits per heavy atom. The maximum absolute atomic E-state index is 11.9. The maximum Gasteiger partial charge on any atom is 0.250 e. The second-order valence-electron chi connectivity index (χ2n) is 4.97. The van der Waals surface area contributed by atoms with Gasteiger partial charge in [-0.15, -0.1) is 11.8 Å². The van der Waals surface area contributed by atoms with Crippen molar-refractivity contribution in [2.75, 3.05) is 5.75 Å². The zero-order valence-corrected chi connectivity index (χ0v) is 13.5. The van der Waals surface area contributed by atoms with Crippen molar-refractivity contribution in [3.8, 4) is 5.75 Å². The summed E-state index contributed by atoms with van der Waals surface area (Å²) in [6.45, 7) is 0. The molecule has 0 aliphatic heterocycles. The number of nitrogens with zero attached hydrogens (tertiary/aromatic N) is 2. The van der Waals surface area contributed by atoms with Crippen molar-refractivity contribution in [3.63, 3.8) is 0 Å². The average Bonchev–Trinajstić information content (AvgIpc) is 2.61. The molecule has 0 saturated carbocycles. The lowest BCUT2D eigenvalue weighted by Gasteiger charge is -2.04. The number of carbonyl (C=O) groups excluding carboxylic acids is 1. The van der Waals surface area contributed by atoms with E-state index in [4.69, 9.17) is 0 Å². The number of aromatic nitrogens is 1. The highest BCUT2D eigenvalue weighted by molar-refractivity contribution is 8.00. The van der Waals surface area contributed by atoms with Crippen LogP contribution in [0.1, 0.15) is 5.56 Å². The number of benzene rings is 2. The molecule has 0 spiro atoms. The van der Waals surface area contributed by atoms with E-state index in [9.17, 15) is 9.90 Å². The highest BCUT2D eigenvalue weighted by Crippen LogP contribution is 2.25. The minimum atomic E-state index is -0.223. The Kier molecular flexibility index (Phi) is 5.08. The van der Waals surface area contributed by atoms with E-state index in [1.54, 1.807) is 30.5 Å². The van der Waals surface area contributed by atoms with E-state index in [-0.39, 0.29) is 17.4 Å². The molecular formula is C18H15N3O2S. The molecule has 2 aromatic carbocycles. The van der Waals surface area contributed by atoms with E-state index < -0.39 is 0 Å². The summed E-state index contributed by atoms with van der Waals surface area (Å²) < 4.78 is 0. The third-order valence-corrected chi connectivity index (χ3v) is 4.33. The summed E-state index contributed by atoms with van der Waals surface area (Å²) in [7, 11) is 0. The van der Waals surface area contributed by atoms with Crippen molar-refractivity contribution >= 4 is 34.8 Å². The van der Waals surface area contributed by atoms with Crippen molar-refractivity contribution in [2.24, 2.45) is 5.10 Å². The van der Waals surface area contributed by atoms with E-state index in [0.717, 1.165) is 15.8 Å². The van der Waals surface area contributed by atoms with E-state index in [1.807, 2.05) is 30.3 Å². The van der Waals surface area contributed by atoms with Gasteiger partial charge in [0, 0.05) is 22.0 Å². The molecule has 1 aromatic heterocycles. The van der Waals surface area contributed by atoms with Crippen LogP contribution < -0.4 is 5.43 Å². The molecule has 0 atom stereocenters. The molecule has 0 aliphatic rings. The van der Waals surface area contributed by atoms with E-state index in [1.165, 1.54) is 18.0 Å². The number of phenols is 1. The minimum Gasteiger partial charge on any atom is -0.507 e. The highest BCUT2D eigenvalue weighted by Gasteiger charge is 2.06. The summed E-state index contributed by atoms with van der Waals surface area (Å²) >= 11 is 1.41. The molecule has 0 unspecified atom stereocenters. The Bertz CT molecular complexity index is 891. The van der Waals surface area contributed by atoms with Crippen LogP contribution in [0.2, 0.25) is 0 Å². The molecule has 2 N–H and O–H groups in total. The molecule has 120 valence electrons. The first-order chi connectivity index (χ1) is 11.7. The number of thioether (sulfide) groups is 1. The number of amides is 1. The largest absolute Gasteiger partial charge is 0.507 e. The van der Waals surface area contributed by atoms with Crippen LogP contribution >= 0.6 is 11.8 Å². The Morgan fingerprint density at radius 1 is 1.17 bits per heavy atom. The van der Waals surface area contributed by atoms with Crippen molar-refractivity contribution in [2.45, 2.75) is 4.90 Å². The second kappa shape index (κ2) is 7.61. The molecule has 24 heavy (non-hydrogen) atoms. The lowest BCUT2D eigenvalue weighted by Crippen LogP contribution is -2.19. The van der Waals surface area contributed by atoms with Gasteiger partial charge in [0.15, 0.2) is 0 Å². The molecule has 1 heterocycles. The van der Waals surface area contributed by atoms with Crippen LogP contribution in [0.15, 0.2) is 70.8 Å². The van der Waals surface area contributed by atoms with E-state index >= 15 is 0 Å². The Balaban J connectivity index is 1.58. The molecule has 6 heteroatoms. The maximum atomic E-state index is 11.9. The van der Waals surface area contributed by atoms with Crippen molar-refractivity contribution in [1.82, 2.24) is 10.4 Å². The first-order valence-corrected chi connectivity index (χ1v) is 8.29. The minimum absolute atomic E-state index is 0.117. The fraction of sp³-hybridized carbons (Fsp3) is 0.0556. The van der Waals surface area contributed by atoms with Crippen LogP contribution in [0.4, 0.5) is 0 Å². The number of rotatable bonds is 5. The Hall–Kier alpha value is -2.86. The molecule has 0 bridgehead atoms. The summed E-state index contributed by atoms with van der Waals surface area (Å²) in [6.07, 6.45) is 3.15. The van der Waals surface area contributed by atoms with Gasteiger partial charge in [-0.25, -0.2) is 5.43 Å². The number of aromatic hydroxyl groups is 1. The number of fused-ring (bicyclic) bond motifs is 1. The molecule has 5 nitrogen and oxygen atoms in total. The van der Waals surface area contributed by atoms with E-state index in [2.05, 4.69) is 15.5 Å². The highest BCUT2D eigenvalue weighted by atomic mass is 32.2. The zero-order valence-electron chi connectivity index (χ0n) is 12.7. The number of hydrazone groups is 1. The molecule has 3 rings (SSSR count). The lowest BCUT2D eigenvalue weighted by molar-refractivity contribution is -0.118. The topological polar surface area (TPSA) is 74.6 Å². The summed E-state index contributed by atoms with van der Waals surface area (Å²) in [4.78, 5) is 17.2. The average molecular weight is 337 g/mol. The summed E-state index contributed by atoms with van der Waals surface area (Å²) in [5.41, 5.74) is 3.88. The number of nitrogens with one attached hydrogen (secondary N) is 1. The van der Waals surface area contributed by atoms with Crippen LogP contribution in [0.3, 0.4) is 0 Å². The van der Waals surface area contributed by atoms with Crippen LogP contribution in [0.25, 0.3) is 10.9 Å². The van der Waals surface area contributed by atoms with Crippen molar-refractivity contribution in [1.29, 1.82) is 0 Å².